The molecule has 0 aliphatic carbocycles. The van der Waals surface area contributed by atoms with Crippen molar-refractivity contribution in [2.24, 2.45) is 0 Å². The summed E-state index contributed by atoms with van der Waals surface area (Å²) >= 11 is 0. The molecule has 0 unspecified atom stereocenters. The van der Waals surface area contributed by atoms with E-state index in [1.165, 1.54) is 0 Å². The molecule has 8 aromatic heterocycles. The van der Waals surface area contributed by atoms with Gasteiger partial charge in [0.15, 0.2) is 11.6 Å². The summed E-state index contributed by atoms with van der Waals surface area (Å²) < 4.78 is 0. The van der Waals surface area contributed by atoms with Crippen molar-refractivity contribution in [3.05, 3.63) is 474 Å². The maximum atomic E-state index is 5.25. The monoisotopic (exact) mass is 1610 g/mol. The van der Waals surface area contributed by atoms with Crippen molar-refractivity contribution in [1.82, 2.24) is 49.8 Å². The molecule has 10 heteroatoms. The van der Waals surface area contributed by atoms with E-state index in [9.17, 15) is 0 Å². The Kier molecular flexibility index (Phi) is 22.2. The summed E-state index contributed by atoms with van der Waals surface area (Å²) in [5.41, 5.74) is 35.3. The average Bonchev–Trinajstić information content (AvgIpc) is 0.787. The van der Waals surface area contributed by atoms with Crippen LogP contribution in [-0.2, 0) is 0 Å². The maximum Gasteiger partial charge on any atom is 0.160 e. The SMILES string of the molecule is c1ccc(-c2cc(-c3ccc(-c4ccc(-c5ccc(-c6cc(-c7ccccc7)nc(-c7ccccc7)n6)cc5)cc4)cn3)nc(-c3ncccc3-c3ccccc3)c2)cc1.c1ccc(-c2cc(-c3ccccc3)nc(-c3cc(-c4ccccc4)cc(-c4ccc(-c5ccc(-c6ccc(-c7cc(-c8ccccc8)nc(-c8ccccc8)n7)cc6)cc5)cn4)n3)c2)cc1. The molecule has 0 amide bonds. The minimum Gasteiger partial charge on any atom is -0.254 e. The zero-order valence-electron chi connectivity index (χ0n) is 68.5. The Morgan fingerprint density at radius 2 is 0.341 bits per heavy atom. The topological polar surface area (TPSA) is 129 Å². The first-order valence-electron chi connectivity index (χ1n) is 42.0. The molecule has 0 saturated carbocycles. The number of rotatable bonds is 19. The molecule has 21 rings (SSSR count). The molecular weight excluding hydrogens is 1530 g/mol. The van der Waals surface area contributed by atoms with Gasteiger partial charge in [0.05, 0.1) is 74.0 Å². The summed E-state index contributed by atoms with van der Waals surface area (Å²) in [6.45, 7) is 0. The summed E-state index contributed by atoms with van der Waals surface area (Å²) in [5.74, 6) is 1.41. The van der Waals surface area contributed by atoms with Crippen LogP contribution in [0, 0.1) is 0 Å². The Morgan fingerprint density at radius 1 is 0.119 bits per heavy atom. The van der Waals surface area contributed by atoms with E-state index in [1.54, 1.807) is 0 Å². The maximum absolute atomic E-state index is 5.25. The highest BCUT2D eigenvalue weighted by molar-refractivity contribution is 5.86. The molecule has 0 fully saturated rings. The zero-order valence-corrected chi connectivity index (χ0v) is 68.5. The molecular formula is C116H78N10. The lowest BCUT2D eigenvalue weighted by Gasteiger charge is -2.13. The van der Waals surface area contributed by atoms with Crippen molar-refractivity contribution in [2.75, 3.05) is 0 Å². The minimum absolute atomic E-state index is 0.704. The second kappa shape index (κ2) is 36.1. The fraction of sp³-hybridized carbons (Fsp3) is 0. The van der Waals surface area contributed by atoms with Gasteiger partial charge >= 0.3 is 0 Å². The van der Waals surface area contributed by atoms with Crippen molar-refractivity contribution in [3.63, 3.8) is 0 Å². The van der Waals surface area contributed by atoms with Gasteiger partial charge in [0.25, 0.3) is 0 Å². The Hall–Kier alpha value is -17.1. The quantitative estimate of drug-likeness (QED) is 0.0772. The van der Waals surface area contributed by atoms with Gasteiger partial charge < -0.3 is 0 Å². The minimum atomic E-state index is 0.704. The second-order valence-corrected chi connectivity index (χ2v) is 30.7. The van der Waals surface area contributed by atoms with Gasteiger partial charge in [-0.2, -0.15) is 0 Å². The van der Waals surface area contributed by atoms with Crippen LogP contribution >= 0.6 is 0 Å². The van der Waals surface area contributed by atoms with Crippen LogP contribution in [0.1, 0.15) is 0 Å². The Balaban J connectivity index is 0.000000160. The van der Waals surface area contributed by atoms with E-state index in [4.69, 9.17) is 49.8 Å². The van der Waals surface area contributed by atoms with Gasteiger partial charge in [-0.25, -0.2) is 34.9 Å². The van der Waals surface area contributed by atoms with Crippen LogP contribution in [0.4, 0.5) is 0 Å². The highest BCUT2D eigenvalue weighted by atomic mass is 14.9. The van der Waals surface area contributed by atoms with E-state index in [-0.39, 0.29) is 0 Å². The number of pyridine rings is 6. The van der Waals surface area contributed by atoms with E-state index < -0.39 is 0 Å². The number of benzene rings is 13. The van der Waals surface area contributed by atoms with E-state index >= 15 is 0 Å². The zero-order chi connectivity index (χ0) is 84.2. The van der Waals surface area contributed by atoms with Gasteiger partial charge in [-0.3, -0.25) is 15.0 Å². The molecule has 0 bridgehead atoms. The van der Waals surface area contributed by atoms with Crippen LogP contribution in [0.3, 0.4) is 0 Å². The Morgan fingerprint density at radius 3 is 0.659 bits per heavy atom. The smallest absolute Gasteiger partial charge is 0.160 e. The van der Waals surface area contributed by atoms with Crippen LogP contribution in [0.25, 0.3) is 214 Å². The van der Waals surface area contributed by atoms with E-state index in [2.05, 4.69) is 309 Å². The molecule has 0 spiro atoms. The van der Waals surface area contributed by atoms with Crippen molar-refractivity contribution in [2.45, 2.75) is 0 Å². The Labute approximate surface area is 732 Å². The Bertz CT molecular complexity index is 7140. The highest BCUT2D eigenvalue weighted by Gasteiger charge is 2.20. The molecule has 0 saturated heterocycles. The lowest BCUT2D eigenvalue weighted by molar-refractivity contribution is 1.18. The summed E-state index contributed by atoms with van der Waals surface area (Å²) in [6, 6.07) is 157. The van der Waals surface area contributed by atoms with Crippen molar-refractivity contribution >= 4 is 0 Å². The lowest BCUT2D eigenvalue weighted by Crippen LogP contribution is -1.96. The van der Waals surface area contributed by atoms with Crippen LogP contribution in [0.5, 0.6) is 0 Å². The first-order chi connectivity index (χ1) is 62.4. The van der Waals surface area contributed by atoms with E-state index in [0.717, 1.165) is 202 Å². The number of hydrogen-bond donors (Lipinski definition) is 0. The molecule has 8 heterocycles. The predicted octanol–water partition coefficient (Wildman–Crippen LogP) is 29.0. The summed E-state index contributed by atoms with van der Waals surface area (Å²) in [6.07, 6.45) is 5.70. The predicted molar refractivity (Wildman–Crippen MR) is 514 cm³/mol. The highest BCUT2D eigenvalue weighted by Crippen LogP contribution is 2.40. The van der Waals surface area contributed by atoms with Gasteiger partial charge in [0.2, 0.25) is 0 Å². The molecule has 0 radical (unpaired) electrons. The summed E-state index contributed by atoms with van der Waals surface area (Å²) in [7, 11) is 0. The molecule has 21 aromatic rings. The van der Waals surface area contributed by atoms with Gasteiger partial charge in [-0.05, 0) is 139 Å². The molecule has 0 N–H and O–H groups in total. The molecule has 13 aromatic carbocycles. The lowest BCUT2D eigenvalue weighted by atomic mass is 9.98. The fourth-order valence-electron chi connectivity index (χ4n) is 15.8. The molecule has 0 atom stereocenters. The summed E-state index contributed by atoms with van der Waals surface area (Å²) in [4.78, 5) is 50.3. The molecule has 10 nitrogen and oxygen atoms in total. The average molecular weight is 1610 g/mol. The molecule has 0 aliphatic rings. The first-order valence-corrected chi connectivity index (χ1v) is 42.0. The van der Waals surface area contributed by atoms with Crippen LogP contribution in [-0.4, -0.2) is 49.8 Å². The fourth-order valence-corrected chi connectivity index (χ4v) is 15.8. The molecule has 0 aliphatic heterocycles. The first kappa shape index (κ1) is 77.5. The van der Waals surface area contributed by atoms with Crippen LogP contribution in [0.15, 0.2) is 474 Å². The third kappa shape index (κ3) is 17.5. The third-order valence-electron chi connectivity index (χ3n) is 22.4. The van der Waals surface area contributed by atoms with Crippen molar-refractivity contribution in [1.29, 1.82) is 0 Å². The molecule has 592 valence electrons. The third-order valence-corrected chi connectivity index (χ3v) is 22.4. The second-order valence-electron chi connectivity index (χ2n) is 30.7. The van der Waals surface area contributed by atoms with Crippen LogP contribution in [0.2, 0.25) is 0 Å². The molecule has 126 heavy (non-hydrogen) atoms. The van der Waals surface area contributed by atoms with E-state index in [0.29, 0.717) is 11.6 Å². The summed E-state index contributed by atoms with van der Waals surface area (Å²) in [5, 5.41) is 0. The number of hydrogen-bond acceptors (Lipinski definition) is 10. The van der Waals surface area contributed by atoms with Gasteiger partial charge in [-0.1, -0.05) is 388 Å². The van der Waals surface area contributed by atoms with Gasteiger partial charge in [0.1, 0.15) is 0 Å². The normalized spacial score (nSPS) is 11.0. The van der Waals surface area contributed by atoms with Crippen molar-refractivity contribution < 1.29 is 0 Å². The van der Waals surface area contributed by atoms with Crippen molar-refractivity contribution in [3.8, 4) is 214 Å². The largest absolute Gasteiger partial charge is 0.254 e. The van der Waals surface area contributed by atoms with Gasteiger partial charge in [0, 0.05) is 74.2 Å². The van der Waals surface area contributed by atoms with E-state index in [1.807, 2.05) is 164 Å². The number of nitrogens with zero attached hydrogens (tertiary/aromatic N) is 10. The van der Waals surface area contributed by atoms with Gasteiger partial charge in [-0.15, -0.1) is 0 Å². The van der Waals surface area contributed by atoms with Crippen LogP contribution < -0.4 is 0 Å². The number of aromatic nitrogens is 10. The standard InChI is InChI=1S/C61H41N5.C55H37N5/c1-6-16-42(17-7-1)52-36-55(47-20-10-3-11-21-47)63-59(38-52)60-39-53(43-18-8-2-9-19-43)37-58(64-60)54-35-34-51(41-62-54)46-28-26-44(27-29-46)45-30-32-49(33-31-45)57-40-56(48-22-12-4-13-23-48)65-61(66-57)50-24-14-5-15-25-50;1-5-14-38(15-6-1)47-34-52(58-53(35-47)54-48(22-13-33-56-54)42-16-7-2-8-17-42)49-32-31-46(37-57-49)41-25-23-39(24-26-41)40-27-29-44(30-28-40)51-36-50(43-18-9-3-10-19-43)59-55(60-51)45-20-11-4-12-21-45/h1-41H;1-37H.